The van der Waals surface area contributed by atoms with Crippen LogP contribution in [-0.4, -0.2) is 113 Å². The Morgan fingerprint density at radius 2 is 1.57 bits per heavy atom. The van der Waals surface area contributed by atoms with Gasteiger partial charge >= 0.3 is 5.97 Å². The van der Waals surface area contributed by atoms with Crippen LogP contribution in [0.3, 0.4) is 0 Å². The van der Waals surface area contributed by atoms with Crippen molar-refractivity contribution in [1.29, 1.82) is 0 Å². The molecule has 11 N–H and O–H groups in total. The lowest BCUT2D eigenvalue weighted by Gasteiger charge is -2.33. The second kappa shape index (κ2) is 23.2. The molecule has 0 bridgehead atoms. The van der Waals surface area contributed by atoms with Crippen molar-refractivity contribution in [2.45, 2.75) is 129 Å². The number of aliphatic imine (C=N–C) groups is 1. The van der Waals surface area contributed by atoms with Crippen LogP contribution in [0.25, 0.3) is 0 Å². The van der Waals surface area contributed by atoms with Crippen LogP contribution in [0.1, 0.15) is 98.0 Å². The third-order valence-electron chi connectivity index (χ3n) is 9.49. The molecule has 1 aliphatic rings. The number of nitrogens with zero attached hydrogens (tertiary/aromatic N) is 2. The lowest BCUT2D eigenvalue weighted by Crippen LogP contribution is -2.61. The Balaban J connectivity index is 2.34. The molecule has 2 rings (SSSR count). The summed E-state index contributed by atoms with van der Waals surface area (Å²) < 4.78 is 0. The largest absolute Gasteiger partial charge is 0.508 e. The molecule has 5 amide bonds. The number of benzene rings is 1. The van der Waals surface area contributed by atoms with E-state index < -0.39 is 65.2 Å². The fraction of sp³-hybridized carbons (Fsp3) is 0.667. The molecule has 1 aliphatic heterocycles. The summed E-state index contributed by atoms with van der Waals surface area (Å²) in [5.41, 5.74) is 10.7. The zero-order chi connectivity index (χ0) is 42.0. The van der Waals surface area contributed by atoms with E-state index in [0.29, 0.717) is 31.2 Å². The van der Waals surface area contributed by atoms with Crippen LogP contribution in [0.4, 0.5) is 0 Å². The number of phenolic OH excluding ortho intramolecular Hbond substituents is 1. The van der Waals surface area contributed by atoms with E-state index in [1.54, 1.807) is 32.9 Å². The first kappa shape index (κ1) is 47.2. The van der Waals surface area contributed by atoms with Crippen LogP contribution in [0.5, 0.6) is 5.75 Å². The third-order valence-corrected chi connectivity index (χ3v) is 9.49. The molecule has 314 valence electrons. The number of rotatable bonds is 23. The van der Waals surface area contributed by atoms with Crippen molar-refractivity contribution in [2.24, 2.45) is 27.8 Å². The average molecular weight is 788 g/mol. The number of hydrogen-bond donors (Lipinski definition) is 9. The number of hydrogen-bond acceptors (Lipinski definition) is 9. The lowest BCUT2D eigenvalue weighted by atomic mass is 9.85. The number of guanidine groups is 1. The van der Waals surface area contributed by atoms with Crippen molar-refractivity contribution in [1.82, 2.24) is 31.5 Å². The molecular formula is C39H65N9O8. The first-order chi connectivity index (χ1) is 26.3. The molecule has 1 aromatic carbocycles. The summed E-state index contributed by atoms with van der Waals surface area (Å²) in [6.07, 6.45) is 4.23. The monoisotopic (exact) mass is 787 g/mol. The van der Waals surface area contributed by atoms with Gasteiger partial charge in [0, 0.05) is 25.9 Å². The minimum atomic E-state index is -1.23. The summed E-state index contributed by atoms with van der Waals surface area (Å²) >= 11 is 0. The van der Waals surface area contributed by atoms with E-state index in [1.165, 1.54) is 17.0 Å². The number of carbonyl (C=O) groups excluding carboxylic acids is 5. The summed E-state index contributed by atoms with van der Waals surface area (Å²) in [7, 11) is 1.86. The summed E-state index contributed by atoms with van der Waals surface area (Å²) in [4.78, 5) is 86.1. The van der Waals surface area contributed by atoms with Gasteiger partial charge in [-0.05, 0) is 87.6 Å². The van der Waals surface area contributed by atoms with Crippen molar-refractivity contribution in [3.63, 3.8) is 0 Å². The predicted octanol–water partition coefficient (Wildman–Crippen LogP) is 0.875. The standard InChI is InChI=1S/C39H65N9O8/c1-24(2)22-29(37(55)56)46-35(53)32(39(3,4)5)47-33(51)28(23-25-15-17-26(49)18-16-25)45-34(52)30-13-11-21-48(30)36(54)27(12-10-20-43-38(40)41)44-31(50)14-8-7-9-19-42-6/h15-18,24,27-30,32,42,49H,7-14,19-23H2,1-6H3,(H,44,50)(H,45,52)(H,46,53)(H,47,51)(H,55,56)(H4,40,41,43)/t27-,28-,29-,30-,32+/m0/s1. The Kier molecular flexibility index (Phi) is 19.6. The van der Waals surface area contributed by atoms with E-state index in [2.05, 4.69) is 31.6 Å². The van der Waals surface area contributed by atoms with Crippen LogP contribution >= 0.6 is 0 Å². The topological polar surface area (TPSA) is 271 Å². The van der Waals surface area contributed by atoms with Gasteiger partial charge in [-0.15, -0.1) is 0 Å². The molecule has 17 nitrogen and oxygen atoms in total. The molecular weight excluding hydrogens is 722 g/mol. The van der Waals surface area contributed by atoms with Crippen molar-refractivity contribution in [3.05, 3.63) is 29.8 Å². The highest BCUT2D eigenvalue weighted by atomic mass is 16.4. The SMILES string of the molecule is CNCCCCCC(=O)N[C@@H](CCCN=C(N)N)C(=O)N1CCC[C@H]1C(=O)N[C@@H](Cc1ccc(O)cc1)C(=O)N[C@H](C(=O)N[C@@H](CC(C)C)C(=O)O)C(C)(C)C. The normalized spacial score (nSPS) is 16.3. The zero-order valence-corrected chi connectivity index (χ0v) is 33.9. The fourth-order valence-corrected chi connectivity index (χ4v) is 6.51. The van der Waals surface area contributed by atoms with Crippen LogP contribution < -0.4 is 38.1 Å². The number of aromatic hydroxyl groups is 1. The number of carbonyl (C=O) groups is 6. The number of likely N-dealkylation sites (tertiary alicyclic amines) is 1. The zero-order valence-electron chi connectivity index (χ0n) is 33.9. The lowest BCUT2D eigenvalue weighted by molar-refractivity contribution is -0.143. The van der Waals surface area contributed by atoms with Gasteiger partial charge in [0.1, 0.15) is 36.0 Å². The highest BCUT2D eigenvalue weighted by Crippen LogP contribution is 2.23. The summed E-state index contributed by atoms with van der Waals surface area (Å²) in [6.45, 7) is 10.2. The first-order valence-corrected chi connectivity index (χ1v) is 19.6. The number of carboxylic acids is 1. The molecule has 17 heteroatoms. The summed E-state index contributed by atoms with van der Waals surface area (Å²) in [6, 6.07) is 0.609. The minimum absolute atomic E-state index is 0.00600. The molecule has 1 heterocycles. The number of unbranched alkanes of at least 4 members (excludes halogenated alkanes) is 2. The minimum Gasteiger partial charge on any atom is -0.508 e. The molecule has 0 unspecified atom stereocenters. The molecule has 0 aromatic heterocycles. The number of carboxylic acid groups (broad SMARTS) is 1. The van der Waals surface area contributed by atoms with Gasteiger partial charge in [0.15, 0.2) is 5.96 Å². The summed E-state index contributed by atoms with van der Waals surface area (Å²) in [5.74, 6) is -4.01. The van der Waals surface area contributed by atoms with Gasteiger partial charge in [-0.3, -0.25) is 29.0 Å². The Hall–Kier alpha value is -4.93. The Morgan fingerprint density at radius 3 is 2.16 bits per heavy atom. The second-order valence-electron chi connectivity index (χ2n) is 15.9. The van der Waals surface area contributed by atoms with E-state index in [1.807, 2.05) is 20.9 Å². The van der Waals surface area contributed by atoms with Crippen molar-refractivity contribution in [2.75, 3.05) is 26.7 Å². The van der Waals surface area contributed by atoms with E-state index in [4.69, 9.17) is 11.5 Å². The van der Waals surface area contributed by atoms with Gasteiger partial charge in [0.2, 0.25) is 29.5 Å². The van der Waals surface area contributed by atoms with Gasteiger partial charge in [0.05, 0.1) is 0 Å². The van der Waals surface area contributed by atoms with Crippen LogP contribution in [0, 0.1) is 11.3 Å². The molecule has 56 heavy (non-hydrogen) atoms. The average Bonchev–Trinajstić information content (AvgIpc) is 3.61. The molecule has 0 saturated carbocycles. The number of amides is 5. The van der Waals surface area contributed by atoms with Crippen LogP contribution in [0.2, 0.25) is 0 Å². The molecule has 1 saturated heterocycles. The van der Waals surface area contributed by atoms with Gasteiger partial charge in [-0.1, -0.05) is 53.2 Å². The third kappa shape index (κ3) is 16.4. The maximum Gasteiger partial charge on any atom is 0.326 e. The smallest absolute Gasteiger partial charge is 0.326 e. The molecule has 1 aromatic rings. The number of nitrogens with two attached hydrogens (primary N) is 2. The highest BCUT2D eigenvalue weighted by molar-refractivity contribution is 5.96. The Bertz CT molecular complexity index is 1490. The van der Waals surface area contributed by atoms with Crippen molar-refractivity contribution >= 4 is 41.5 Å². The van der Waals surface area contributed by atoms with Crippen LogP contribution in [-0.2, 0) is 35.2 Å². The number of aliphatic carboxylic acids is 1. The van der Waals surface area contributed by atoms with Gasteiger partial charge < -0.3 is 53.2 Å². The molecule has 0 spiro atoms. The Labute approximate surface area is 330 Å². The fourth-order valence-electron chi connectivity index (χ4n) is 6.51. The second-order valence-corrected chi connectivity index (χ2v) is 15.9. The van der Waals surface area contributed by atoms with Gasteiger partial charge in [-0.25, -0.2) is 4.79 Å². The van der Waals surface area contributed by atoms with Crippen molar-refractivity contribution < 1.29 is 39.0 Å². The van der Waals surface area contributed by atoms with Gasteiger partial charge in [0.25, 0.3) is 0 Å². The highest BCUT2D eigenvalue weighted by Gasteiger charge is 2.40. The maximum absolute atomic E-state index is 14.1. The molecule has 5 atom stereocenters. The van der Waals surface area contributed by atoms with E-state index in [-0.39, 0.29) is 62.3 Å². The first-order valence-electron chi connectivity index (χ1n) is 19.6. The van der Waals surface area contributed by atoms with Gasteiger partial charge in [-0.2, -0.15) is 0 Å². The molecule has 0 radical (unpaired) electrons. The van der Waals surface area contributed by atoms with E-state index in [0.717, 1.165) is 19.4 Å². The Morgan fingerprint density at radius 1 is 0.893 bits per heavy atom. The number of nitrogens with one attached hydrogen (secondary N) is 5. The van der Waals surface area contributed by atoms with Crippen molar-refractivity contribution in [3.8, 4) is 5.75 Å². The molecule has 1 fully saturated rings. The molecule has 0 aliphatic carbocycles. The van der Waals surface area contributed by atoms with Crippen LogP contribution in [0.15, 0.2) is 29.3 Å². The quantitative estimate of drug-likeness (QED) is 0.0427. The predicted molar refractivity (Wildman–Crippen MR) is 213 cm³/mol. The summed E-state index contributed by atoms with van der Waals surface area (Å²) in [5, 5.41) is 33.7. The van der Waals surface area contributed by atoms with E-state index >= 15 is 0 Å². The maximum atomic E-state index is 14.1. The van der Waals surface area contributed by atoms with E-state index in [9.17, 15) is 39.0 Å². The number of phenols is 1.